The maximum Gasteiger partial charge on any atom is 0.224 e. The normalized spacial score (nSPS) is 10.9. The van der Waals surface area contributed by atoms with Gasteiger partial charge in [-0.05, 0) is 23.9 Å². The Labute approximate surface area is 120 Å². The molecule has 1 aromatic carbocycles. The molecule has 0 aliphatic heterocycles. The van der Waals surface area contributed by atoms with Gasteiger partial charge in [-0.15, -0.1) is 21.5 Å². The Hall–Kier alpha value is -1.51. The van der Waals surface area contributed by atoms with E-state index in [2.05, 4.69) is 15.2 Å². The lowest BCUT2D eigenvalue weighted by Crippen LogP contribution is -2.13. The predicted molar refractivity (Wildman–Crippen MR) is 76.6 cm³/mol. The first kappa shape index (κ1) is 12.5. The molecule has 0 atom stereocenters. The number of fused-ring (bicyclic) bond motifs is 1. The Kier molecular flexibility index (Phi) is 3.45. The number of hydrogen-bond acceptors (Lipinski definition) is 7. The van der Waals surface area contributed by atoms with Gasteiger partial charge in [-0.2, -0.15) is 0 Å². The van der Waals surface area contributed by atoms with Gasteiger partial charge in [0.05, 0.1) is 16.6 Å². The second-order valence-corrected chi connectivity index (χ2v) is 7.24. The van der Waals surface area contributed by atoms with Gasteiger partial charge in [-0.25, -0.2) is 4.98 Å². The van der Waals surface area contributed by atoms with Crippen LogP contribution in [0.15, 0.2) is 32.9 Å². The molecule has 3 rings (SSSR count). The first-order valence-electron chi connectivity index (χ1n) is 5.35. The highest BCUT2D eigenvalue weighted by Gasteiger charge is 2.11. The fraction of sp³-hybridized carbons (Fsp3) is 0.0909. The molecule has 0 fully saturated rings. The summed E-state index contributed by atoms with van der Waals surface area (Å²) in [5.41, 5.74) is 6.10. The third-order valence-corrected chi connectivity index (χ3v) is 5.29. The molecular formula is C11H8N4OS3. The van der Waals surface area contributed by atoms with E-state index in [0.717, 1.165) is 18.9 Å². The van der Waals surface area contributed by atoms with Gasteiger partial charge in [0.1, 0.15) is 5.01 Å². The molecule has 96 valence electrons. The van der Waals surface area contributed by atoms with E-state index in [0.29, 0.717) is 5.01 Å². The molecule has 1 amide bonds. The maximum absolute atomic E-state index is 10.8. The molecule has 0 radical (unpaired) electrons. The molecule has 0 aliphatic carbocycles. The minimum atomic E-state index is -0.396. The van der Waals surface area contributed by atoms with Crippen LogP contribution in [0.25, 0.3) is 10.2 Å². The quantitative estimate of drug-likeness (QED) is 0.800. The van der Waals surface area contributed by atoms with E-state index >= 15 is 0 Å². The van der Waals surface area contributed by atoms with Gasteiger partial charge < -0.3 is 5.73 Å². The molecule has 0 aliphatic rings. The van der Waals surface area contributed by atoms with Crippen molar-refractivity contribution in [1.29, 1.82) is 0 Å². The van der Waals surface area contributed by atoms with Gasteiger partial charge in [0.15, 0.2) is 8.68 Å². The zero-order valence-corrected chi connectivity index (χ0v) is 12.0. The average Bonchev–Trinajstić information content (AvgIpc) is 2.94. The van der Waals surface area contributed by atoms with Crippen LogP contribution in [0.5, 0.6) is 0 Å². The maximum atomic E-state index is 10.8. The summed E-state index contributed by atoms with van der Waals surface area (Å²) in [7, 11) is 0. The van der Waals surface area contributed by atoms with E-state index in [4.69, 9.17) is 5.73 Å². The topological polar surface area (TPSA) is 81.8 Å². The number of carbonyl (C=O) groups is 1. The third kappa shape index (κ3) is 2.91. The summed E-state index contributed by atoms with van der Waals surface area (Å²) in [5, 5.41) is 8.59. The largest absolute Gasteiger partial charge is 0.369 e. The van der Waals surface area contributed by atoms with E-state index in [1.807, 2.05) is 24.3 Å². The Morgan fingerprint density at radius 1 is 1.21 bits per heavy atom. The molecule has 19 heavy (non-hydrogen) atoms. The first-order valence-corrected chi connectivity index (χ1v) is 7.80. The number of benzene rings is 1. The Morgan fingerprint density at radius 2 is 2.05 bits per heavy atom. The highest BCUT2D eigenvalue weighted by Crippen LogP contribution is 2.35. The number of nitrogens with two attached hydrogens (primary N) is 1. The van der Waals surface area contributed by atoms with Crippen LogP contribution in [-0.2, 0) is 11.2 Å². The number of nitrogens with zero attached hydrogens (tertiary/aromatic N) is 3. The molecule has 2 heterocycles. The summed E-state index contributed by atoms with van der Waals surface area (Å²) in [6, 6.07) is 7.97. The second-order valence-electron chi connectivity index (χ2n) is 3.65. The minimum Gasteiger partial charge on any atom is -0.369 e. The monoisotopic (exact) mass is 308 g/mol. The zero-order valence-electron chi connectivity index (χ0n) is 9.57. The number of para-hydroxylation sites is 1. The summed E-state index contributed by atoms with van der Waals surface area (Å²) in [5.74, 6) is -0.396. The van der Waals surface area contributed by atoms with Crippen molar-refractivity contribution in [3.8, 4) is 0 Å². The van der Waals surface area contributed by atoms with Crippen molar-refractivity contribution in [2.24, 2.45) is 5.73 Å². The molecule has 3 aromatic rings. The summed E-state index contributed by atoms with van der Waals surface area (Å²) < 4.78 is 2.84. The SMILES string of the molecule is NC(=O)Cc1nnc(Sc2nc3ccccc3s2)s1. The van der Waals surface area contributed by atoms with Crippen LogP contribution in [0, 0.1) is 0 Å². The van der Waals surface area contributed by atoms with Crippen molar-refractivity contribution in [3.63, 3.8) is 0 Å². The predicted octanol–water partition coefficient (Wildman–Crippen LogP) is 2.33. The second kappa shape index (κ2) is 5.24. The molecule has 5 nitrogen and oxygen atoms in total. The van der Waals surface area contributed by atoms with E-state index in [1.54, 1.807) is 11.3 Å². The number of hydrogen-bond donors (Lipinski definition) is 1. The number of rotatable bonds is 4. The van der Waals surface area contributed by atoms with Gasteiger partial charge in [-0.3, -0.25) is 4.79 Å². The van der Waals surface area contributed by atoms with Gasteiger partial charge in [0.2, 0.25) is 5.91 Å². The van der Waals surface area contributed by atoms with Crippen molar-refractivity contribution >= 4 is 50.6 Å². The van der Waals surface area contributed by atoms with E-state index in [-0.39, 0.29) is 6.42 Å². The first-order chi connectivity index (χ1) is 9.20. The van der Waals surface area contributed by atoms with Gasteiger partial charge >= 0.3 is 0 Å². The van der Waals surface area contributed by atoms with Gasteiger partial charge in [0, 0.05) is 0 Å². The van der Waals surface area contributed by atoms with Crippen LogP contribution < -0.4 is 5.73 Å². The standard InChI is InChI=1S/C11H8N4OS3/c12-8(16)5-9-14-15-11(18-9)19-10-13-6-3-1-2-4-7(6)17-10/h1-4H,5H2,(H2,12,16). The molecule has 8 heteroatoms. The van der Waals surface area contributed by atoms with Crippen molar-refractivity contribution in [1.82, 2.24) is 15.2 Å². The molecule has 2 N–H and O–H groups in total. The Balaban J connectivity index is 1.80. The van der Waals surface area contributed by atoms with Crippen LogP contribution in [0.3, 0.4) is 0 Å². The highest BCUT2D eigenvalue weighted by atomic mass is 32.2. The van der Waals surface area contributed by atoms with Crippen molar-refractivity contribution < 1.29 is 4.79 Å². The fourth-order valence-corrected chi connectivity index (χ4v) is 4.64. The molecule has 0 saturated heterocycles. The zero-order chi connectivity index (χ0) is 13.2. The lowest BCUT2D eigenvalue weighted by atomic mass is 10.3. The van der Waals surface area contributed by atoms with Crippen LogP contribution in [0.2, 0.25) is 0 Å². The minimum absolute atomic E-state index is 0.137. The summed E-state index contributed by atoms with van der Waals surface area (Å²) >= 11 is 4.45. The van der Waals surface area contributed by atoms with Crippen molar-refractivity contribution in [3.05, 3.63) is 29.3 Å². The van der Waals surface area contributed by atoms with E-state index in [9.17, 15) is 4.79 Å². The highest BCUT2D eigenvalue weighted by molar-refractivity contribution is 8.02. The van der Waals surface area contributed by atoms with Crippen LogP contribution in [0.1, 0.15) is 5.01 Å². The smallest absolute Gasteiger partial charge is 0.224 e. The molecule has 0 spiro atoms. The van der Waals surface area contributed by atoms with E-state index < -0.39 is 5.91 Å². The fourth-order valence-electron chi connectivity index (χ4n) is 1.47. The summed E-state index contributed by atoms with van der Waals surface area (Å²) in [6.45, 7) is 0. The average molecular weight is 308 g/mol. The van der Waals surface area contributed by atoms with Crippen LogP contribution in [0.4, 0.5) is 0 Å². The lowest BCUT2D eigenvalue weighted by molar-refractivity contribution is -0.117. The van der Waals surface area contributed by atoms with Crippen LogP contribution >= 0.6 is 34.4 Å². The van der Waals surface area contributed by atoms with Gasteiger partial charge in [0.25, 0.3) is 0 Å². The molecule has 2 aromatic heterocycles. The number of amides is 1. The lowest BCUT2D eigenvalue weighted by Gasteiger charge is -1.87. The summed E-state index contributed by atoms with van der Waals surface area (Å²) in [6.07, 6.45) is 0.137. The Morgan fingerprint density at radius 3 is 2.84 bits per heavy atom. The Bertz CT molecular complexity index is 703. The number of carbonyl (C=O) groups excluding carboxylic acids is 1. The third-order valence-electron chi connectivity index (χ3n) is 2.22. The van der Waals surface area contributed by atoms with Crippen molar-refractivity contribution in [2.45, 2.75) is 15.1 Å². The molecule has 0 saturated carbocycles. The summed E-state index contributed by atoms with van der Waals surface area (Å²) in [4.78, 5) is 15.3. The van der Waals surface area contributed by atoms with Gasteiger partial charge in [-0.1, -0.05) is 23.5 Å². The number of thiazole rings is 1. The van der Waals surface area contributed by atoms with Crippen LogP contribution in [-0.4, -0.2) is 21.1 Å². The van der Waals surface area contributed by atoms with Crippen molar-refractivity contribution in [2.75, 3.05) is 0 Å². The van der Waals surface area contributed by atoms with E-state index in [1.165, 1.54) is 23.1 Å². The molecular weight excluding hydrogens is 300 g/mol. The number of aromatic nitrogens is 3. The molecule has 0 unspecified atom stereocenters. The number of primary amides is 1. The molecule has 0 bridgehead atoms.